The lowest BCUT2D eigenvalue weighted by Gasteiger charge is -2.11. The van der Waals surface area contributed by atoms with Crippen LogP contribution in [0.15, 0.2) is 76.4 Å². The number of benzene rings is 2. The summed E-state index contributed by atoms with van der Waals surface area (Å²) in [5, 5.41) is 2.80. The second-order valence-corrected chi connectivity index (χ2v) is 7.64. The zero-order valence-electron chi connectivity index (χ0n) is 17.9. The third kappa shape index (κ3) is 4.69. The first-order valence-electron chi connectivity index (χ1n) is 10.6. The average molecular weight is 431 g/mol. The van der Waals surface area contributed by atoms with Crippen LogP contribution < -0.4 is 16.6 Å². The smallest absolute Gasteiger partial charge is 0.331 e. The van der Waals surface area contributed by atoms with Gasteiger partial charge in [0.2, 0.25) is 5.91 Å². The van der Waals surface area contributed by atoms with Crippen molar-refractivity contribution in [3.63, 3.8) is 0 Å². The summed E-state index contributed by atoms with van der Waals surface area (Å²) in [6.45, 7) is 3.13. The molecule has 0 saturated heterocycles. The molecule has 8 nitrogen and oxygen atoms in total. The Morgan fingerprint density at radius 1 is 0.969 bits per heavy atom. The first kappa shape index (κ1) is 21.3. The number of para-hydroxylation sites is 2. The number of imidazole rings is 1. The summed E-state index contributed by atoms with van der Waals surface area (Å²) in [6, 6.07) is 18.7. The van der Waals surface area contributed by atoms with E-state index in [0.29, 0.717) is 26.1 Å². The van der Waals surface area contributed by atoms with Crippen LogP contribution in [0.2, 0.25) is 0 Å². The van der Waals surface area contributed by atoms with E-state index in [-0.39, 0.29) is 12.5 Å². The van der Waals surface area contributed by atoms with E-state index in [1.54, 1.807) is 0 Å². The van der Waals surface area contributed by atoms with Crippen LogP contribution in [0.3, 0.4) is 0 Å². The van der Waals surface area contributed by atoms with Crippen LogP contribution >= 0.6 is 0 Å². The molecular weight excluding hydrogens is 406 g/mol. The van der Waals surface area contributed by atoms with Crippen molar-refractivity contribution in [2.75, 3.05) is 6.54 Å². The third-order valence-corrected chi connectivity index (χ3v) is 5.36. The maximum atomic E-state index is 12.7. The molecule has 0 bridgehead atoms. The molecule has 0 aliphatic heterocycles. The highest BCUT2D eigenvalue weighted by Crippen LogP contribution is 2.15. The zero-order valence-corrected chi connectivity index (χ0v) is 17.9. The Kier molecular flexibility index (Phi) is 6.30. The van der Waals surface area contributed by atoms with E-state index in [4.69, 9.17) is 0 Å². The minimum absolute atomic E-state index is 0.305. The number of nitrogens with one attached hydrogen (secondary N) is 1. The molecule has 0 radical (unpaired) electrons. The molecule has 0 unspecified atom stereocenters. The SMILES string of the molecule is Cc1nc2ccccc2n1CCCNC(=O)Cn1c(=O)ccn(Cc2ccccc2)c1=O. The van der Waals surface area contributed by atoms with Crippen molar-refractivity contribution in [2.45, 2.75) is 33.0 Å². The van der Waals surface area contributed by atoms with Crippen molar-refractivity contribution in [1.29, 1.82) is 0 Å². The molecular formula is C24H25N5O3. The standard InChI is InChI=1S/C24H25N5O3/c1-18-26-20-10-5-6-11-21(20)28(18)14-7-13-25-22(30)17-29-23(31)12-15-27(24(29)32)16-19-8-3-2-4-9-19/h2-6,8-12,15H,7,13-14,16-17H2,1H3,(H,25,30). The number of hydrogen-bond acceptors (Lipinski definition) is 4. The summed E-state index contributed by atoms with van der Waals surface area (Å²) in [5.41, 5.74) is 1.95. The Morgan fingerprint density at radius 3 is 2.53 bits per heavy atom. The highest BCUT2D eigenvalue weighted by Gasteiger charge is 2.11. The van der Waals surface area contributed by atoms with Crippen molar-refractivity contribution >= 4 is 16.9 Å². The molecule has 0 spiro atoms. The van der Waals surface area contributed by atoms with Crippen LogP contribution in [0.1, 0.15) is 17.8 Å². The van der Waals surface area contributed by atoms with E-state index in [1.807, 2.05) is 61.5 Å². The lowest BCUT2D eigenvalue weighted by molar-refractivity contribution is -0.121. The maximum absolute atomic E-state index is 12.7. The van der Waals surface area contributed by atoms with E-state index in [1.165, 1.54) is 16.8 Å². The number of amides is 1. The van der Waals surface area contributed by atoms with Gasteiger partial charge in [-0.05, 0) is 31.0 Å². The van der Waals surface area contributed by atoms with Gasteiger partial charge >= 0.3 is 5.69 Å². The van der Waals surface area contributed by atoms with Gasteiger partial charge in [-0.3, -0.25) is 18.7 Å². The Morgan fingerprint density at radius 2 is 1.72 bits per heavy atom. The van der Waals surface area contributed by atoms with E-state index in [0.717, 1.165) is 27.0 Å². The summed E-state index contributed by atoms with van der Waals surface area (Å²) in [5.74, 6) is 0.557. The van der Waals surface area contributed by atoms with E-state index in [9.17, 15) is 14.4 Å². The summed E-state index contributed by atoms with van der Waals surface area (Å²) in [7, 11) is 0. The van der Waals surface area contributed by atoms with Gasteiger partial charge in [0.1, 0.15) is 12.4 Å². The Hall–Kier alpha value is -3.94. The molecule has 2 aromatic heterocycles. The predicted octanol–water partition coefficient (Wildman–Crippen LogP) is 1.92. The van der Waals surface area contributed by atoms with E-state index in [2.05, 4.69) is 14.9 Å². The molecule has 4 rings (SSSR count). The third-order valence-electron chi connectivity index (χ3n) is 5.36. The van der Waals surface area contributed by atoms with Crippen LogP contribution in [0.5, 0.6) is 0 Å². The number of fused-ring (bicyclic) bond motifs is 1. The number of carbonyl (C=O) groups excluding carboxylic acids is 1. The lowest BCUT2D eigenvalue weighted by Crippen LogP contribution is -2.43. The summed E-state index contributed by atoms with van der Waals surface area (Å²) >= 11 is 0. The first-order chi connectivity index (χ1) is 15.5. The fourth-order valence-electron chi connectivity index (χ4n) is 3.75. The quantitative estimate of drug-likeness (QED) is 0.432. The Labute approximate surface area is 184 Å². The highest BCUT2D eigenvalue weighted by molar-refractivity contribution is 5.76. The molecule has 2 aromatic carbocycles. The van der Waals surface area contributed by atoms with Gasteiger partial charge in [0.25, 0.3) is 5.56 Å². The molecule has 2 heterocycles. The number of carbonyl (C=O) groups is 1. The molecule has 0 saturated carbocycles. The summed E-state index contributed by atoms with van der Waals surface area (Å²) in [6.07, 6.45) is 2.17. The van der Waals surface area contributed by atoms with Crippen LogP contribution in [0, 0.1) is 6.92 Å². The maximum Gasteiger partial charge on any atom is 0.331 e. The molecule has 1 amide bonds. The minimum atomic E-state index is -0.503. The molecule has 0 aliphatic rings. The topological polar surface area (TPSA) is 90.9 Å². The van der Waals surface area contributed by atoms with Crippen LogP contribution in [-0.2, 0) is 24.4 Å². The molecule has 0 fully saturated rings. The van der Waals surface area contributed by atoms with Crippen molar-refractivity contribution in [1.82, 2.24) is 24.0 Å². The molecule has 1 N–H and O–H groups in total. The normalized spacial score (nSPS) is 11.0. The van der Waals surface area contributed by atoms with Crippen LogP contribution in [0.25, 0.3) is 11.0 Å². The van der Waals surface area contributed by atoms with Gasteiger partial charge in [0.05, 0.1) is 17.6 Å². The monoisotopic (exact) mass is 431 g/mol. The van der Waals surface area contributed by atoms with Gasteiger partial charge in [-0.15, -0.1) is 0 Å². The Balaban J connectivity index is 1.36. The largest absolute Gasteiger partial charge is 0.354 e. The number of aryl methyl sites for hydroxylation is 2. The second-order valence-electron chi connectivity index (χ2n) is 7.64. The number of aromatic nitrogens is 4. The second kappa shape index (κ2) is 9.47. The van der Waals surface area contributed by atoms with Gasteiger partial charge in [0.15, 0.2) is 0 Å². The van der Waals surface area contributed by atoms with E-state index >= 15 is 0 Å². The van der Waals surface area contributed by atoms with Crippen molar-refractivity contribution < 1.29 is 4.79 Å². The van der Waals surface area contributed by atoms with Gasteiger partial charge < -0.3 is 9.88 Å². The molecule has 0 aliphatic carbocycles. The fraction of sp³-hybridized carbons (Fsp3) is 0.250. The highest BCUT2D eigenvalue weighted by atomic mass is 16.2. The van der Waals surface area contributed by atoms with Crippen LogP contribution in [-0.4, -0.2) is 31.1 Å². The average Bonchev–Trinajstić information content (AvgIpc) is 3.12. The summed E-state index contributed by atoms with van der Waals surface area (Å²) < 4.78 is 4.51. The molecule has 32 heavy (non-hydrogen) atoms. The first-order valence-corrected chi connectivity index (χ1v) is 10.6. The lowest BCUT2D eigenvalue weighted by atomic mass is 10.2. The predicted molar refractivity (Wildman–Crippen MR) is 123 cm³/mol. The number of nitrogens with zero attached hydrogens (tertiary/aromatic N) is 4. The van der Waals surface area contributed by atoms with Gasteiger partial charge in [-0.2, -0.15) is 0 Å². The molecule has 164 valence electrons. The Bertz CT molecular complexity index is 1350. The number of rotatable bonds is 8. The molecule has 4 aromatic rings. The summed E-state index contributed by atoms with van der Waals surface area (Å²) in [4.78, 5) is 41.8. The van der Waals surface area contributed by atoms with Crippen molar-refractivity contribution in [3.05, 3.63) is 99.1 Å². The van der Waals surface area contributed by atoms with E-state index < -0.39 is 11.2 Å². The minimum Gasteiger partial charge on any atom is -0.354 e. The zero-order chi connectivity index (χ0) is 22.5. The molecule has 8 heteroatoms. The van der Waals surface area contributed by atoms with Crippen molar-refractivity contribution in [2.24, 2.45) is 0 Å². The van der Waals surface area contributed by atoms with Gasteiger partial charge in [-0.25, -0.2) is 9.78 Å². The number of hydrogen-bond donors (Lipinski definition) is 1. The van der Waals surface area contributed by atoms with Crippen LogP contribution in [0.4, 0.5) is 0 Å². The van der Waals surface area contributed by atoms with Gasteiger partial charge in [0, 0.05) is 25.4 Å². The van der Waals surface area contributed by atoms with Gasteiger partial charge in [-0.1, -0.05) is 42.5 Å². The fourth-order valence-corrected chi connectivity index (χ4v) is 3.75. The molecule has 0 atom stereocenters. The van der Waals surface area contributed by atoms with Crippen molar-refractivity contribution in [3.8, 4) is 0 Å².